The van der Waals surface area contributed by atoms with Crippen LogP contribution in [0.25, 0.3) is 28.0 Å². The maximum atomic E-state index is 15.2. The molecule has 2 aliphatic heterocycles. The third-order valence-corrected chi connectivity index (χ3v) is 7.26. The zero-order valence-corrected chi connectivity index (χ0v) is 21.4. The Kier molecular flexibility index (Phi) is 7.39. The predicted octanol–water partition coefficient (Wildman–Crippen LogP) is 4.62. The minimum absolute atomic E-state index is 0.343. The molecule has 2 N–H and O–H groups in total. The molecule has 3 heterocycles. The number of nitrogens with one attached hydrogen (secondary N) is 2. The molecule has 1 saturated heterocycles. The van der Waals surface area contributed by atoms with Crippen LogP contribution in [-0.2, 0) is 11.2 Å². The molecule has 1 aromatic heterocycles. The Morgan fingerprint density at radius 2 is 1.78 bits per heavy atom. The van der Waals surface area contributed by atoms with Crippen LogP contribution in [0.4, 0.5) is 20.3 Å². The highest BCUT2D eigenvalue weighted by Crippen LogP contribution is 2.36. The number of hydrogen-bond acceptors (Lipinski definition) is 6. The highest BCUT2D eigenvalue weighted by Gasteiger charge is 2.21. The summed E-state index contributed by atoms with van der Waals surface area (Å²) in [6.45, 7) is 10.2. The van der Waals surface area contributed by atoms with E-state index in [1.54, 1.807) is 20.2 Å². The molecule has 6 nitrogen and oxygen atoms in total. The van der Waals surface area contributed by atoms with E-state index in [-0.39, 0.29) is 5.82 Å². The molecule has 0 amide bonds. The van der Waals surface area contributed by atoms with E-state index >= 15 is 8.78 Å². The Hall–Kier alpha value is -3.49. The molecule has 0 bridgehead atoms. The van der Waals surface area contributed by atoms with Gasteiger partial charge in [0.2, 0.25) is 5.95 Å². The Balaban J connectivity index is 1.42. The summed E-state index contributed by atoms with van der Waals surface area (Å²) >= 11 is 0. The van der Waals surface area contributed by atoms with E-state index in [9.17, 15) is 0 Å². The molecule has 2 aromatic carbocycles. The lowest BCUT2D eigenvalue weighted by molar-refractivity contribution is 0.144. The minimum Gasteiger partial charge on any atom is -0.385 e. The van der Waals surface area contributed by atoms with Gasteiger partial charge in [-0.3, -0.25) is 4.90 Å². The van der Waals surface area contributed by atoms with Crippen LogP contribution in [0.5, 0.6) is 0 Å². The maximum Gasteiger partial charge on any atom is 0.222 e. The average Bonchev–Trinajstić information content (AvgIpc) is 2.92. The lowest BCUT2D eigenvalue weighted by Crippen LogP contribution is -2.47. The number of fused-ring (bicyclic) bond motifs is 1. The Morgan fingerprint density at radius 3 is 2.49 bits per heavy atom. The van der Waals surface area contributed by atoms with Crippen molar-refractivity contribution >= 4 is 17.2 Å². The molecule has 2 aliphatic rings. The summed E-state index contributed by atoms with van der Waals surface area (Å²) < 4.78 is 35.4. The summed E-state index contributed by atoms with van der Waals surface area (Å²) in [5.41, 5.74) is 5.54. The Labute approximate surface area is 217 Å². The molecule has 0 radical (unpaired) electrons. The number of hydrogen-bond donors (Lipinski definition) is 2. The van der Waals surface area contributed by atoms with Gasteiger partial charge in [-0.1, -0.05) is 24.8 Å². The van der Waals surface area contributed by atoms with Crippen molar-refractivity contribution in [3.63, 3.8) is 0 Å². The van der Waals surface area contributed by atoms with Crippen LogP contribution >= 0.6 is 0 Å². The van der Waals surface area contributed by atoms with Gasteiger partial charge in [-0.25, -0.2) is 9.37 Å². The first-order chi connectivity index (χ1) is 18.0. The largest absolute Gasteiger partial charge is 0.385 e. The van der Waals surface area contributed by atoms with Crippen molar-refractivity contribution in [1.82, 2.24) is 15.2 Å². The van der Waals surface area contributed by atoms with E-state index < -0.39 is 5.95 Å². The lowest BCUT2D eigenvalue weighted by atomic mass is 9.92. The first-order valence-electron chi connectivity index (χ1n) is 12.7. The number of halogens is 2. The van der Waals surface area contributed by atoms with Gasteiger partial charge in [-0.05, 0) is 47.4 Å². The van der Waals surface area contributed by atoms with Gasteiger partial charge in [0, 0.05) is 81.5 Å². The number of anilines is 2. The molecule has 1 fully saturated rings. The molecule has 3 aromatic rings. The summed E-state index contributed by atoms with van der Waals surface area (Å²) in [4.78, 5) is 8.93. The van der Waals surface area contributed by atoms with E-state index in [1.807, 2.05) is 30.3 Å². The average molecular weight is 506 g/mol. The van der Waals surface area contributed by atoms with Crippen molar-refractivity contribution in [3.05, 3.63) is 71.9 Å². The van der Waals surface area contributed by atoms with Gasteiger partial charge >= 0.3 is 0 Å². The monoisotopic (exact) mass is 505 g/mol. The van der Waals surface area contributed by atoms with Gasteiger partial charge in [0.05, 0.1) is 6.61 Å². The molecule has 0 unspecified atom stereocenters. The first kappa shape index (κ1) is 25.2. The first-order valence-corrected chi connectivity index (χ1v) is 12.7. The third-order valence-electron chi connectivity index (χ3n) is 7.26. The molecule has 0 saturated carbocycles. The minimum atomic E-state index is -0.566. The molecule has 5 rings (SSSR count). The lowest BCUT2D eigenvalue weighted by Gasteiger charge is -2.36. The van der Waals surface area contributed by atoms with Crippen molar-refractivity contribution in [3.8, 4) is 22.3 Å². The van der Waals surface area contributed by atoms with E-state index in [1.165, 1.54) is 6.07 Å². The van der Waals surface area contributed by atoms with Crippen LogP contribution in [-0.4, -0.2) is 69.9 Å². The Morgan fingerprint density at radius 1 is 1.03 bits per heavy atom. The van der Waals surface area contributed by atoms with E-state index in [4.69, 9.17) is 4.74 Å². The zero-order chi connectivity index (χ0) is 25.9. The molecular weight excluding hydrogens is 472 g/mol. The molecule has 8 heteroatoms. The SMILES string of the molecule is C=C1NCCc2cc(-c3cc(-c4ccc(N5CCN(CCOC)CC5)cc4)c(F)nc3NC)cc(F)c21. The van der Waals surface area contributed by atoms with Crippen molar-refractivity contribution in [1.29, 1.82) is 0 Å². The van der Waals surface area contributed by atoms with Crippen molar-refractivity contribution in [2.24, 2.45) is 0 Å². The van der Waals surface area contributed by atoms with Crippen LogP contribution in [0.1, 0.15) is 11.1 Å². The quantitative estimate of drug-likeness (QED) is 0.457. The second kappa shape index (κ2) is 10.9. The van der Waals surface area contributed by atoms with Crippen molar-refractivity contribution in [2.75, 3.05) is 70.2 Å². The molecule has 37 heavy (non-hydrogen) atoms. The summed E-state index contributed by atoms with van der Waals surface area (Å²) in [7, 11) is 3.42. The molecule has 0 atom stereocenters. The van der Waals surface area contributed by atoms with Crippen LogP contribution in [0.3, 0.4) is 0 Å². The molecule has 0 spiro atoms. The number of nitrogens with zero attached hydrogens (tertiary/aromatic N) is 3. The van der Waals surface area contributed by atoms with Crippen LogP contribution in [0.15, 0.2) is 49.0 Å². The predicted molar refractivity (Wildman–Crippen MR) is 146 cm³/mol. The third kappa shape index (κ3) is 5.17. The maximum absolute atomic E-state index is 15.2. The van der Waals surface area contributed by atoms with Gasteiger partial charge in [0.1, 0.15) is 11.6 Å². The number of pyridine rings is 1. The summed E-state index contributed by atoms with van der Waals surface area (Å²) in [5, 5.41) is 6.09. The van der Waals surface area contributed by atoms with E-state index in [2.05, 4.69) is 32.0 Å². The summed E-state index contributed by atoms with van der Waals surface area (Å²) in [5.74, 6) is -0.538. The highest BCUT2D eigenvalue weighted by atomic mass is 19.1. The van der Waals surface area contributed by atoms with Gasteiger partial charge in [0.25, 0.3) is 0 Å². The van der Waals surface area contributed by atoms with Gasteiger partial charge in [-0.2, -0.15) is 4.39 Å². The number of rotatable bonds is 7. The fraction of sp³-hybridized carbons (Fsp3) is 0.345. The molecule has 194 valence electrons. The fourth-order valence-corrected chi connectivity index (χ4v) is 5.20. The highest BCUT2D eigenvalue weighted by molar-refractivity contribution is 5.83. The van der Waals surface area contributed by atoms with Gasteiger partial charge in [0.15, 0.2) is 0 Å². The smallest absolute Gasteiger partial charge is 0.222 e. The van der Waals surface area contributed by atoms with Gasteiger partial charge < -0.3 is 20.3 Å². The van der Waals surface area contributed by atoms with E-state index in [0.717, 1.165) is 56.1 Å². The standard InChI is InChI=1S/C29H33F2N5O/c1-19-27-21(8-9-33-19)16-22(17-26(27)30)25-18-24(28(31)34-29(25)32-2)20-4-6-23(7-5-20)36-12-10-35(11-13-36)14-15-37-3/h4-7,16-18,33H,1,8-15H2,2-3H3,(H,32,34). The van der Waals surface area contributed by atoms with Gasteiger partial charge in [-0.15, -0.1) is 0 Å². The summed E-state index contributed by atoms with van der Waals surface area (Å²) in [6, 6.07) is 13.1. The van der Waals surface area contributed by atoms with Crippen LogP contribution in [0.2, 0.25) is 0 Å². The molecular formula is C29H33F2N5O. The topological polar surface area (TPSA) is 52.7 Å². The number of benzene rings is 2. The van der Waals surface area contributed by atoms with E-state index in [0.29, 0.717) is 46.7 Å². The second-order valence-electron chi connectivity index (χ2n) is 9.49. The fourth-order valence-electron chi connectivity index (χ4n) is 5.20. The normalized spacial score (nSPS) is 15.9. The van der Waals surface area contributed by atoms with Crippen molar-refractivity contribution in [2.45, 2.75) is 6.42 Å². The van der Waals surface area contributed by atoms with Crippen LogP contribution < -0.4 is 15.5 Å². The number of ether oxygens (including phenoxy) is 1. The van der Waals surface area contributed by atoms with Crippen LogP contribution in [0, 0.1) is 11.8 Å². The summed E-state index contributed by atoms with van der Waals surface area (Å²) in [6.07, 6.45) is 0.692. The van der Waals surface area contributed by atoms with Crippen molar-refractivity contribution < 1.29 is 13.5 Å². The Bertz CT molecular complexity index is 1290. The number of aromatic nitrogens is 1. The second-order valence-corrected chi connectivity index (χ2v) is 9.49. The number of piperazine rings is 1. The zero-order valence-electron chi connectivity index (χ0n) is 21.4. The molecule has 0 aliphatic carbocycles. The number of methoxy groups -OCH3 is 1.